The van der Waals surface area contributed by atoms with Gasteiger partial charge in [-0.15, -0.1) is 0 Å². The zero-order chi connectivity index (χ0) is 11.4. The Morgan fingerprint density at radius 2 is 2.44 bits per heavy atom. The van der Waals surface area contributed by atoms with Crippen molar-refractivity contribution in [3.63, 3.8) is 0 Å². The van der Waals surface area contributed by atoms with E-state index in [0.717, 1.165) is 31.1 Å². The van der Waals surface area contributed by atoms with Crippen molar-refractivity contribution in [2.45, 2.75) is 51.6 Å². The topological polar surface area (TPSA) is 55.9 Å². The molecule has 1 fully saturated rings. The summed E-state index contributed by atoms with van der Waals surface area (Å²) >= 11 is 0. The van der Waals surface area contributed by atoms with Crippen molar-refractivity contribution in [3.8, 4) is 0 Å². The number of nitrogens with two attached hydrogens (primary N) is 1. The highest BCUT2D eigenvalue weighted by atomic mass is 15.2. The second kappa shape index (κ2) is 5.46. The van der Waals surface area contributed by atoms with Gasteiger partial charge in [-0.25, -0.2) is 4.98 Å². The molecule has 90 valence electrons. The Bertz CT molecular complexity index is 317. The van der Waals surface area contributed by atoms with Crippen LogP contribution in [0, 0.1) is 5.92 Å². The van der Waals surface area contributed by atoms with Gasteiger partial charge in [-0.1, -0.05) is 19.8 Å². The van der Waals surface area contributed by atoms with Gasteiger partial charge in [-0.3, -0.25) is 11.3 Å². The molecule has 0 aromatic carbocycles. The van der Waals surface area contributed by atoms with Crippen LogP contribution in [0.25, 0.3) is 0 Å². The van der Waals surface area contributed by atoms with Crippen LogP contribution in [0.3, 0.4) is 0 Å². The monoisotopic (exact) mass is 222 g/mol. The lowest BCUT2D eigenvalue weighted by atomic mass is 10.1. The second-order valence-electron chi connectivity index (χ2n) is 4.78. The molecule has 1 aliphatic rings. The lowest BCUT2D eigenvalue weighted by Gasteiger charge is -2.15. The van der Waals surface area contributed by atoms with E-state index in [1.54, 1.807) is 0 Å². The predicted molar refractivity (Wildman–Crippen MR) is 64.7 cm³/mol. The summed E-state index contributed by atoms with van der Waals surface area (Å²) in [6.45, 7) is 3.24. The molecule has 0 saturated heterocycles. The van der Waals surface area contributed by atoms with Gasteiger partial charge in [-0.05, 0) is 18.8 Å². The van der Waals surface area contributed by atoms with Gasteiger partial charge in [0, 0.05) is 31.4 Å². The van der Waals surface area contributed by atoms with Crippen LogP contribution in [0.2, 0.25) is 0 Å². The molecule has 1 atom stereocenters. The highest BCUT2D eigenvalue weighted by Crippen LogP contribution is 2.33. The van der Waals surface area contributed by atoms with E-state index in [9.17, 15) is 0 Å². The minimum atomic E-state index is 0.380. The standard InChI is InChI=1S/C12H22N4/c1-2-6-16-7-5-14-12(16)9-11(15-13)8-10-3-4-10/h5,7,10-11,15H,2-4,6,8-9,13H2,1H3. The third kappa shape index (κ3) is 3.06. The van der Waals surface area contributed by atoms with Gasteiger partial charge in [-0.2, -0.15) is 0 Å². The number of hydrazine groups is 1. The first-order valence-electron chi connectivity index (χ1n) is 6.29. The van der Waals surface area contributed by atoms with Crippen molar-refractivity contribution in [2.75, 3.05) is 0 Å². The van der Waals surface area contributed by atoms with Crippen LogP contribution >= 0.6 is 0 Å². The molecular formula is C12H22N4. The van der Waals surface area contributed by atoms with Crippen molar-refractivity contribution in [3.05, 3.63) is 18.2 Å². The summed E-state index contributed by atoms with van der Waals surface area (Å²) < 4.78 is 2.23. The van der Waals surface area contributed by atoms with Crippen LogP contribution < -0.4 is 11.3 Å². The molecule has 1 aromatic rings. The quantitative estimate of drug-likeness (QED) is 0.542. The number of nitrogens with one attached hydrogen (secondary N) is 1. The van der Waals surface area contributed by atoms with E-state index in [-0.39, 0.29) is 0 Å². The molecule has 1 aliphatic carbocycles. The number of aromatic nitrogens is 2. The molecule has 4 nitrogen and oxygen atoms in total. The van der Waals surface area contributed by atoms with Crippen LogP contribution in [-0.2, 0) is 13.0 Å². The Labute approximate surface area is 97.2 Å². The summed E-state index contributed by atoms with van der Waals surface area (Å²) in [5, 5.41) is 0. The molecule has 1 heterocycles. The molecule has 0 radical (unpaired) electrons. The number of nitrogens with zero attached hydrogens (tertiary/aromatic N) is 2. The van der Waals surface area contributed by atoms with E-state index in [1.165, 1.54) is 19.3 Å². The minimum Gasteiger partial charge on any atom is -0.335 e. The molecule has 0 bridgehead atoms. The second-order valence-corrected chi connectivity index (χ2v) is 4.78. The number of imidazole rings is 1. The first-order valence-corrected chi connectivity index (χ1v) is 6.29. The molecule has 3 N–H and O–H groups in total. The molecule has 0 amide bonds. The van der Waals surface area contributed by atoms with Crippen molar-refractivity contribution in [1.29, 1.82) is 0 Å². The summed E-state index contributed by atoms with van der Waals surface area (Å²) in [5.41, 5.74) is 2.93. The number of hydrogen-bond acceptors (Lipinski definition) is 3. The maximum absolute atomic E-state index is 5.60. The largest absolute Gasteiger partial charge is 0.335 e. The maximum Gasteiger partial charge on any atom is 0.110 e. The Balaban J connectivity index is 1.91. The lowest BCUT2D eigenvalue weighted by Crippen LogP contribution is -2.37. The van der Waals surface area contributed by atoms with Gasteiger partial charge < -0.3 is 4.57 Å². The average Bonchev–Trinajstić information content (AvgIpc) is 3.00. The van der Waals surface area contributed by atoms with Gasteiger partial charge in [0.15, 0.2) is 0 Å². The van der Waals surface area contributed by atoms with Crippen LogP contribution in [0.4, 0.5) is 0 Å². The van der Waals surface area contributed by atoms with Gasteiger partial charge >= 0.3 is 0 Å². The van der Waals surface area contributed by atoms with Gasteiger partial charge in [0.05, 0.1) is 0 Å². The van der Waals surface area contributed by atoms with Gasteiger partial charge in [0.1, 0.15) is 5.82 Å². The number of aryl methyl sites for hydroxylation is 1. The van der Waals surface area contributed by atoms with Crippen molar-refractivity contribution in [2.24, 2.45) is 11.8 Å². The SMILES string of the molecule is CCCn1ccnc1CC(CC1CC1)NN. The van der Waals surface area contributed by atoms with E-state index >= 15 is 0 Å². The van der Waals surface area contributed by atoms with Crippen LogP contribution in [0.5, 0.6) is 0 Å². The van der Waals surface area contributed by atoms with Crippen molar-refractivity contribution in [1.82, 2.24) is 15.0 Å². The summed E-state index contributed by atoms with van der Waals surface area (Å²) in [5.74, 6) is 7.66. The molecular weight excluding hydrogens is 200 g/mol. The predicted octanol–water partition coefficient (Wildman–Crippen LogP) is 1.47. The minimum absolute atomic E-state index is 0.380. The summed E-state index contributed by atoms with van der Waals surface area (Å²) in [4.78, 5) is 4.42. The number of hydrogen-bond donors (Lipinski definition) is 2. The normalized spacial score (nSPS) is 17.6. The summed E-state index contributed by atoms with van der Waals surface area (Å²) in [6.07, 6.45) is 9.98. The van der Waals surface area contributed by atoms with E-state index in [1.807, 2.05) is 6.20 Å². The van der Waals surface area contributed by atoms with E-state index in [4.69, 9.17) is 5.84 Å². The Kier molecular flexibility index (Phi) is 3.96. The molecule has 0 spiro atoms. The fraction of sp³-hybridized carbons (Fsp3) is 0.750. The summed E-state index contributed by atoms with van der Waals surface area (Å²) in [7, 11) is 0. The first kappa shape index (κ1) is 11.6. The molecule has 2 rings (SSSR count). The highest BCUT2D eigenvalue weighted by Gasteiger charge is 2.25. The van der Waals surface area contributed by atoms with Gasteiger partial charge in [0.2, 0.25) is 0 Å². The lowest BCUT2D eigenvalue weighted by molar-refractivity contribution is 0.448. The van der Waals surface area contributed by atoms with Crippen molar-refractivity contribution < 1.29 is 0 Å². The Hall–Kier alpha value is -0.870. The van der Waals surface area contributed by atoms with E-state index < -0.39 is 0 Å². The Morgan fingerprint density at radius 3 is 3.06 bits per heavy atom. The zero-order valence-corrected chi connectivity index (χ0v) is 10.0. The first-order chi connectivity index (χ1) is 7.83. The van der Waals surface area contributed by atoms with Crippen LogP contribution in [0.1, 0.15) is 38.4 Å². The molecule has 4 heteroatoms. The van der Waals surface area contributed by atoms with E-state index in [0.29, 0.717) is 6.04 Å². The molecule has 1 aromatic heterocycles. The highest BCUT2D eigenvalue weighted by molar-refractivity contribution is 4.96. The zero-order valence-electron chi connectivity index (χ0n) is 10.0. The van der Waals surface area contributed by atoms with Crippen LogP contribution in [0.15, 0.2) is 12.4 Å². The fourth-order valence-corrected chi connectivity index (χ4v) is 2.16. The van der Waals surface area contributed by atoms with Gasteiger partial charge in [0.25, 0.3) is 0 Å². The third-order valence-electron chi connectivity index (χ3n) is 3.25. The summed E-state index contributed by atoms with van der Waals surface area (Å²) in [6, 6.07) is 0.380. The molecule has 1 saturated carbocycles. The van der Waals surface area contributed by atoms with E-state index in [2.05, 4.69) is 28.1 Å². The third-order valence-corrected chi connectivity index (χ3v) is 3.25. The maximum atomic E-state index is 5.60. The van der Waals surface area contributed by atoms with Crippen LogP contribution in [-0.4, -0.2) is 15.6 Å². The Morgan fingerprint density at radius 1 is 1.62 bits per heavy atom. The smallest absolute Gasteiger partial charge is 0.110 e. The number of rotatable bonds is 7. The fourth-order valence-electron chi connectivity index (χ4n) is 2.16. The molecule has 0 aliphatic heterocycles. The molecule has 16 heavy (non-hydrogen) atoms. The molecule has 1 unspecified atom stereocenters. The average molecular weight is 222 g/mol. The van der Waals surface area contributed by atoms with Crippen molar-refractivity contribution >= 4 is 0 Å².